The van der Waals surface area contributed by atoms with Crippen molar-refractivity contribution >= 4 is 29.6 Å². The van der Waals surface area contributed by atoms with Gasteiger partial charge in [-0.05, 0) is 55.2 Å². The van der Waals surface area contributed by atoms with Crippen LogP contribution in [0.5, 0.6) is 0 Å². The van der Waals surface area contributed by atoms with Crippen molar-refractivity contribution in [2.24, 2.45) is 22.6 Å². The molecule has 0 saturated carbocycles. The topological polar surface area (TPSA) is 212 Å². The van der Waals surface area contributed by atoms with E-state index in [2.05, 4.69) is 16.0 Å². The average Bonchev–Trinajstić information content (AvgIpc) is 3.48. The third-order valence-corrected chi connectivity index (χ3v) is 8.73. The molecule has 5 atom stereocenters. The summed E-state index contributed by atoms with van der Waals surface area (Å²) in [6.07, 6.45) is 2.15. The summed E-state index contributed by atoms with van der Waals surface area (Å²) in [4.78, 5) is 68.6. The number of carbonyl (C=O) groups is 5. The van der Waals surface area contributed by atoms with Crippen LogP contribution in [0.3, 0.4) is 0 Å². The number of ether oxygens (including phenoxy) is 1. The van der Waals surface area contributed by atoms with Gasteiger partial charge in [0.25, 0.3) is 0 Å². The first-order valence-corrected chi connectivity index (χ1v) is 16.8. The zero-order valence-electron chi connectivity index (χ0n) is 29.1. The molecule has 1 unspecified atom stereocenters. The number of methoxy groups -OCH3 is 1. The lowest BCUT2D eigenvalue weighted by atomic mass is 9.85. The number of hydrogen-bond acceptors (Lipinski definition) is 9. The molecule has 1 heterocycles. The quantitative estimate of drug-likeness (QED) is 0.108. The Labute approximate surface area is 289 Å². The van der Waals surface area contributed by atoms with Gasteiger partial charge in [-0.1, -0.05) is 81.4 Å². The van der Waals surface area contributed by atoms with Crippen molar-refractivity contribution in [3.63, 3.8) is 0 Å². The summed E-state index contributed by atoms with van der Waals surface area (Å²) in [6, 6.07) is 14.6. The van der Waals surface area contributed by atoms with E-state index in [0.29, 0.717) is 25.8 Å². The molecule has 1 aliphatic heterocycles. The predicted molar refractivity (Wildman–Crippen MR) is 187 cm³/mol. The third-order valence-electron chi connectivity index (χ3n) is 8.73. The van der Waals surface area contributed by atoms with E-state index in [4.69, 9.17) is 21.9 Å². The van der Waals surface area contributed by atoms with E-state index in [0.717, 1.165) is 11.1 Å². The van der Waals surface area contributed by atoms with Crippen LogP contribution in [0.2, 0.25) is 0 Å². The molecular weight excluding hydrogens is 626 g/mol. The summed E-state index contributed by atoms with van der Waals surface area (Å²) in [5.74, 6) is -2.64. The van der Waals surface area contributed by atoms with Gasteiger partial charge in [0.15, 0.2) is 0 Å². The highest BCUT2D eigenvalue weighted by atomic mass is 16.5. The fourth-order valence-electron chi connectivity index (χ4n) is 5.83. The molecule has 4 amide bonds. The van der Waals surface area contributed by atoms with E-state index in [1.165, 1.54) is 12.0 Å². The average molecular weight is 680 g/mol. The van der Waals surface area contributed by atoms with Gasteiger partial charge in [0.1, 0.15) is 23.7 Å². The maximum Gasteiger partial charge on any atom is 0.327 e. The van der Waals surface area contributed by atoms with Gasteiger partial charge in [0, 0.05) is 19.5 Å². The van der Waals surface area contributed by atoms with Crippen LogP contribution in [0.25, 0.3) is 0 Å². The van der Waals surface area contributed by atoms with Gasteiger partial charge < -0.3 is 42.8 Å². The van der Waals surface area contributed by atoms with Crippen molar-refractivity contribution < 1.29 is 28.7 Å². The van der Waals surface area contributed by atoms with Gasteiger partial charge in [-0.2, -0.15) is 0 Å². The van der Waals surface area contributed by atoms with Gasteiger partial charge in [-0.25, -0.2) is 4.79 Å². The fraction of sp³-hybridized carbons (Fsp3) is 0.528. The highest BCUT2D eigenvalue weighted by Crippen LogP contribution is 2.23. The monoisotopic (exact) mass is 679 g/mol. The summed E-state index contributed by atoms with van der Waals surface area (Å²) in [5.41, 5.74) is 17.7. The van der Waals surface area contributed by atoms with E-state index in [1.54, 1.807) is 20.8 Å². The van der Waals surface area contributed by atoms with Gasteiger partial charge in [0.05, 0.1) is 13.2 Å². The summed E-state index contributed by atoms with van der Waals surface area (Å²) >= 11 is 0. The van der Waals surface area contributed by atoms with Crippen LogP contribution in [0.1, 0.15) is 57.6 Å². The van der Waals surface area contributed by atoms with Crippen molar-refractivity contribution in [3.8, 4) is 0 Å². The molecule has 1 aliphatic rings. The van der Waals surface area contributed by atoms with Crippen LogP contribution >= 0.6 is 0 Å². The molecule has 2 aromatic carbocycles. The maximum absolute atomic E-state index is 14.0. The molecule has 13 nitrogen and oxygen atoms in total. The SMILES string of the molecule is COC(=O)C1(N)CCN(C(=O)[C@@H](CCCCN)NC(=O)[C@H](NC(=O)[C@@H](Cc2ccccc2)NC(=O)[C@H](N)Cc2ccccc2)C(C)(C)C)C1. The zero-order valence-corrected chi connectivity index (χ0v) is 29.1. The summed E-state index contributed by atoms with van der Waals surface area (Å²) in [7, 11) is 1.24. The molecule has 13 heteroatoms. The van der Waals surface area contributed by atoms with E-state index < -0.39 is 58.8 Å². The summed E-state index contributed by atoms with van der Waals surface area (Å²) < 4.78 is 4.84. The molecule has 9 N–H and O–H groups in total. The lowest BCUT2D eigenvalue weighted by molar-refractivity contribution is -0.147. The van der Waals surface area contributed by atoms with Crippen molar-refractivity contribution in [1.82, 2.24) is 20.9 Å². The van der Waals surface area contributed by atoms with Crippen LogP contribution in [0, 0.1) is 5.41 Å². The Morgan fingerprint density at radius 2 is 1.41 bits per heavy atom. The van der Waals surface area contributed by atoms with Crippen LogP contribution < -0.4 is 33.2 Å². The third kappa shape index (κ3) is 11.4. The van der Waals surface area contributed by atoms with Crippen LogP contribution in [-0.4, -0.2) is 90.9 Å². The molecular formula is C36H53N7O6. The first-order chi connectivity index (χ1) is 23.2. The van der Waals surface area contributed by atoms with Crippen molar-refractivity contribution in [2.45, 2.75) is 89.0 Å². The minimum atomic E-state index is -1.33. The van der Waals surface area contributed by atoms with Crippen molar-refractivity contribution in [2.75, 3.05) is 26.7 Å². The second-order valence-electron chi connectivity index (χ2n) is 13.9. The number of nitrogens with zero attached hydrogens (tertiary/aromatic N) is 1. The first kappa shape index (κ1) is 39.1. The van der Waals surface area contributed by atoms with E-state index in [9.17, 15) is 24.0 Å². The number of esters is 1. The number of benzene rings is 2. The second kappa shape index (κ2) is 17.9. The summed E-state index contributed by atoms with van der Waals surface area (Å²) in [5, 5.41) is 8.52. The maximum atomic E-state index is 14.0. The Hall–Kier alpha value is -4.33. The molecule has 0 aliphatic carbocycles. The molecule has 0 radical (unpaired) electrons. The van der Waals surface area contributed by atoms with Gasteiger partial charge in [-0.15, -0.1) is 0 Å². The number of hydrogen-bond donors (Lipinski definition) is 6. The molecule has 1 saturated heterocycles. The first-order valence-electron chi connectivity index (χ1n) is 16.8. The van der Waals surface area contributed by atoms with Gasteiger partial charge in [-0.3, -0.25) is 19.2 Å². The Balaban J connectivity index is 1.80. The molecule has 0 spiro atoms. The number of nitrogens with two attached hydrogens (primary N) is 3. The van der Waals surface area contributed by atoms with E-state index >= 15 is 0 Å². The molecule has 49 heavy (non-hydrogen) atoms. The second-order valence-corrected chi connectivity index (χ2v) is 13.9. The Morgan fingerprint density at radius 3 is 1.96 bits per heavy atom. The van der Waals surface area contributed by atoms with Gasteiger partial charge in [0.2, 0.25) is 23.6 Å². The van der Waals surface area contributed by atoms with Crippen molar-refractivity contribution in [1.29, 1.82) is 0 Å². The van der Waals surface area contributed by atoms with E-state index in [1.807, 2.05) is 60.7 Å². The fourth-order valence-corrected chi connectivity index (χ4v) is 5.83. The standard InChI is InChI=1S/C36H53N7O6/c1-35(2,3)29(32(46)40-27(17-11-12-19-37)33(47)43-20-18-36(39,23-43)34(48)49-4)42-31(45)28(22-25-15-9-6-10-16-25)41-30(44)26(38)21-24-13-7-5-8-14-24/h5-10,13-16,26-29H,11-12,17-23,37-39H2,1-4H3,(H,40,46)(H,41,44)(H,42,45)/t26-,27-,28-,29+,36?/m1/s1. The predicted octanol–water partition coefficient (Wildman–Crippen LogP) is 0.531. The molecule has 268 valence electrons. The number of carbonyl (C=O) groups excluding carboxylic acids is 5. The number of unbranched alkanes of at least 4 members (excludes halogenated alkanes) is 1. The zero-order chi connectivity index (χ0) is 36.2. The molecule has 0 bridgehead atoms. The van der Waals surface area contributed by atoms with Crippen LogP contribution in [-0.2, 0) is 41.6 Å². The highest BCUT2D eigenvalue weighted by Gasteiger charge is 2.45. The smallest absolute Gasteiger partial charge is 0.327 e. The van der Waals surface area contributed by atoms with Crippen LogP contribution in [0.4, 0.5) is 0 Å². The normalized spacial score (nSPS) is 18.5. The van der Waals surface area contributed by atoms with Crippen molar-refractivity contribution in [3.05, 3.63) is 71.8 Å². The molecule has 0 aromatic heterocycles. The summed E-state index contributed by atoms with van der Waals surface area (Å²) in [6.45, 7) is 5.97. The van der Waals surface area contributed by atoms with Crippen LogP contribution in [0.15, 0.2) is 60.7 Å². The Morgan fingerprint density at radius 1 is 0.837 bits per heavy atom. The number of amides is 4. The lowest BCUT2D eigenvalue weighted by Crippen LogP contribution is -2.61. The number of rotatable bonds is 16. The van der Waals surface area contributed by atoms with Gasteiger partial charge >= 0.3 is 5.97 Å². The molecule has 1 fully saturated rings. The number of likely N-dealkylation sites (tertiary alicyclic amines) is 1. The highest BCUT2D eigenvalue weighted by molar-refractivity contribution is 5.95. The number of nitrogens with one attached hydrogen (secondary N) is 3. The lowest BCUT2D eigenvalue weighted by Gasteiger charge is -2.34. The molecule has 3 rings (SSSR count). The largest absolute Gasteiger partial charge is 0.468 e. The minimum absolute atomic E-state index is 0.0471. The van der Waals surface area contributed by atoms with E-state index in [-0.39, 0.29) is 38.3 Å². The Kier molecular flexibility index (Phi) is 14.3. The minimum Gasteiger partial charge on any atom is -0.468 e. The Bertz CT molecular complexity index is 1420. The molecule has 2 aromatic rings.